The lowest BCUT2D eigenvalue weighted by atomic mass is 10.1. The Morgan fingerprint density at radius 2 is 2.04 bits per heavy atom. The van der Waals surface area contributed by atoms with Gasteiger partial charge >= 0.3 is 5.69 Å². The summed E-state index contributed by atoms with van der Waals surface area (Å²) in [5.41, 5.74) is 1.44. The average molecular weight is 354 g/mol. The van der Waals surface area contributed by atoms with Crippen LogP contribution in [0.25, 0.3) is 11.3 Å². The standard InChI is InChI=1S/C18H18N4O4/c1-11-9-13(22-26-11)7-8-19-17(23)16-10-15(20-18(24)21-16)12-3-5-14(25-2)6-4-12/h3-6,9-10H,7-8H2,1-2H3,(H,19,23)(H,20,21,24). The van der Waals surface area contributed by atoms with Crippen LogP contribution in [-0.2, 0) is 6.42 Å². The Balaban J connectivity index is 1.71. The van der Waals surface area contributed by atoms with E-state index in [-0.39, 0.29) is 11.6 Å². The molecule has 134 valence electrons. The summed E-state index contributed by atoms with van der Waals surface area (Å²) in [5.74, 6) is 1.02. The van der Waals surface area contributed by atoms with Gasteiger partial charge in [0.25, 0.3) is 5.91 Å². The van der Waals surface area contributed by atoms with Gasteiger partial charge in [0.05, 0.1) is 18.5 Å². The van der Waals surface area contributed by atoms with Gasteiger partial charge in [-0.1, -0.05) is 5.16 Å². The fraction of sp³-hybridized carbons (Fsp3) is 0.222. The maximum absolute atomic E-state index is 12.3. The van der Waals surface area contributed by atoms with Gasteiger partial charge in [-0.15, -0.1) is 0 Å². The van der Waals surface area contributed by atoms with Crippen LogP contribution >= 0.6 is 0 Å². The molecule has 3 rings (SSSR count). The van der Waals surface area contributed by atoms with Crippen LogP contribution in [0.2, 0.25) is 0 Å². The number of aromatic amines is 1. The molecule has 0 aliphatic heterocycles. The molecule has 26 heavy (non-hydrogen) atoms. The molecule has 2 heterocycles. The monoisotopic (exact) mass is 354 g/mol. The normalized spacial score (nSPS) is 10.5. The van der Waals surface area contributed by atoms with Gasteiger partial charge in [0, 0.05) is 24.6 Å². The molecule has 0 aliphatic rings. The first-order valence-electron chi connectivity index (χ1n) is 8.01. The third-order valence-corrected chi connectivity index (χ3v) is 3.72. The molecule has 0 bridgehead atoms. The van der Waals surface area contributed by atoms with Crippen LogP contribution in [0.3, 0.4) is 0 Å². The molecule has 0 spiro atoms. The Morgan fingerprint density at radius 1 is 1.27 bits per heavy atom. The number of methoxy groups -OCH3 is 1. The number of nitrogens with zero attached hydrogens (tertiary/aromatic N) is 2. The van der Waals surface area contributed by atoms with E-state index in [1.807, 2.05) is 6.07 Å². The molecule has 1 aromatic carbocycles. The van der Waals surface area contributed by atoms with E-state index in [1.54, 1.807) is 44.4 Å². The number of hydrogen-bond acceptors (Lipinski definition) is 6. The van der Waals surface area contributed by atoms with E-state index in [0.717, 1.165) is 5.69 Å². The third-order valence-electron chi connectivity index (χ3n) is 3.72. The van der Waals surface area contributed by atoms with Gasteiger partial charge in [-0.3, -0.25) is 4.79 Å². The van der Waals surface area contributed by atoms with Crippen LogP contribution in [0.1, 0.15) is 21.9 Å². The molecule has 0 aliphatic carbocycles. The number of ether oxygens (including phenoxy) is 1. The van der Waals surface area contributed by atoms with Crippen LogP contribution in [0.4, 0.5) is 0 Å². The molecule has 0 saturated carbocycles. The zero-order valence-electron chi connectivity index (χ0n) is 14.4. The molecular weight excluding hydrogens is 336 g/mol. The summed E-state index contributed by atoms with van der Waals surface area (Å²) in [6.45, 7) is 2.17. The highest BCUT2D eigenvalue weighted by atomic mass is 16.5. The second-order valence-corrected chi connectivity index (χ2v) is 5.65. The van der Waals surface area contributed by atoms with Gasteiger partial charge in [-0.2, -0.15) is 4.98 Å². The molecular formula is C18H18N4O4. The van der Waals surface area contributed by atoms with Gasteiger partial charge < -0.3 is 19.6 Å². The highest BCUT2D eigenvalue weighted by Crippen LogP contribution is 2.20. The second kappa shape index (κ2) is 7.64. The molecule has 8 heteroatoms. The number of rotatable bonds is 6. The minimum atomic E-state index is -0.587. The molecule has 8 nitrogen and oxygen atoms in total. The number of hydrogen-bond donors (Lipinski definition) is 2. The lowest BCUT2D eigenvalue weighted by Gasteiger charge is -2.06. The highest BCUT2D eigenvalue weighted by molar-refractivity contribution is 5.93. The first-order chi connectivity index (χ1) is 12.5. The Labute approximate surface area is 149 Å². The van der Waals surface area contributed by atoms with Gasteiger partial charge in [0.15, 0.2) is 0 Å². The van der Waals surface area contributed by atoms with Crippen molar-refractivity contribution >= 4 is 5.91 Å². The SMILES string of the molecule is COc1ccc(-c2cc(C(=O)NCCc3cc(C)on3)[nH]c(=O)n2)cc1. The zero-order chi connectivity index (χ0) is 18.5. The molecule has 3 aromatic rings. The van der Waals surface area contributed by atoms with Crippen LogP contribution in [0.5, 0.6) is 5.75 Å². The first-order valence-corrected chi connectivity index (χ1v) is 8.01. The zero-order valence-corrected chi connectivity index (χ0v) is 14.4. The number of nitrogens with one attached hydrogen (secondary N) is 2. The van der Waals surface area contributed by atoms with Crippen LogP contribution < -0.4 is 15.7 Å². The Hall–Kier alpha value is -3.42. The Kier molecular flexibility index (Phi) is 5.12. The van der Waals surface area contributed by atoms with Crippen molar-refractivity contribution < 1.29 is 14.1 Å². The van der Waals surface area contributed by atoms with E-state index in [4.69, 9.17) is 9.26 Å². The van der Waals surface area contributed by atoms with E-state index in [9.17, 15) is 9.59 Å². The van der Waals surface area contributed by atoms with E-state index < -0.39 is 5.69 Å². The molecule has 0 atom stereocenters. The topological polar surface area (TPSA) is 110 Å². The van der Waals surface area contributed by atoms with Crippen molar-refractivity contribution in [2.75, 3.05) is 13.7 Å². The predicted molar refractivity (Wildman–Crippen MR) is 94.1 cm³/mol. The number of carbonyl (C=O) groups is 1. The van der Waals surface area contributed by atoms with Gasteiger partial charge in [-0.25, -0.2) is 4.79 Å². The summed E-state index contributed by atoms with van der Waals surface area (Å²) in [7, 11) is 1.57. The van der Waals surface area contributed by atoms with Crippen LogP contribution in [0.15, 0.2) is 45.7 Å². The van der Waals surface area contributed by atoms with Crippen molar-refractivity contribution in [1.82, 2.24) is 20.4 Å². The number of amides is 1. The Bertz CT molecular complexity index is 960. The van der Waals surface area contributed by atoms with E-state index in [1.165, 1.54) is 0 Å². The Morgan fingerprint density at radius 3 is 2.69 bits per heavy atom. The molecule has 0 radical (unpaired) electrons. The van der Waals surface area contributed by atoms with Gasteiger partial charge in [-0.05, 0) is 37.3 Å². The van der Waals surface area contributed by atoms with Gasteiger partial charge in [0.2, 0.25) is 0 Å². The number of benzene rings is 1. The van der Waals surface area contributed by atoms with E-state index in [2.05, 4.69) is 20.4 Å². The van der Waals surface area contributed by atoms with Crippen molar-refractivity contribution in [3.8, 4) is 17.0 Å². The number of aryl methyl sites for hydroxylation is 1. The fourth-order valence-electron chi connectivity index (χ4n) is 2.42. The maximum Gasteiger partial charge on any atom is 0.346 e. The summed E-state index contributed by atoms with van der Waals surface area (Å²) < 4.78 is 10.1. The molecule has 2 N–H and O–H groups in total. The molecule has 0 unspecified atom stereocenters. The van der Waals surface area contributed by atoms with Crippen molar-refractivity contribution in [3.63, 3.8) is 0 Å². The minimum Gasteiger partial charge on any atom is -0.497 e. The molecule has 2 aromatic heterocycles. The lowest BCUT2D eigenvalue weighted by molar-refractivity contribution is 0.0948. The lowest BCUT2D eigenvalue weighted by Crippen LogP contribution is -2.29. The quantitative estimate of drug-likeness (QED) is 0.697. The van der Waals surface area contributed by atoms with Crippen molar-refractivity contribution in [2.45, 2.75) is 13.3 Å². The van der Waals surface area contributed by atoms with Crippen molar-refractivity contribution in [3.05, 3.63) is 64.0 Å². The van der Waals surface area contributed by atoms with Gasteiger partial charge in [0.1, 0.15) is 17.2 Å². The summed E-state index contributed by atoms with van der Waals surface area (Å²) in [5, 5.41) is 6.61. The smallest absolute Gasteiger partial charge is 0.346 e. The van der Waals surface area contributed by atoms with Crippen molar-refractivity contribution in [2.24, 2.45) is 0 Å². The number of carbonyl (C=O) groups excluding carboxylic acids is 1. The fourth-order valence-corrected chi connectivity index (χ4v) is 2.42. The van der Waals surface area contributed by atoms with E-state index >= 15 is 0 Å². The second-order valence-electron chi connectivity index (χ2n) is 5.65. The minimum absolute atomic E-state index is 0.146. The molecule has 0 fully saturated rings. The predicted octanol–water partition coefficient (Wildman–Crippen LogP) is 1.71. The molecule has 1 amide bonds. The van der Waals surface area contributed by atoms with Crippen molar-refractivity contribution in [1.29, 1.82) is 0 Å². The highest BCUT2D eigenvalue weighted by Gasteiger charge is 2.11. The van der Waals surface area contributed by atoms with E-state index in [0.29, 0.717) is 35.7 Å². The van der Waals surface area contributed by atoms with Crippen LogP contribution in [-0.4, -0.2) is 34.7 Å². The summed E-state index contributed by atoms with van der Waals surface area (Å²) in [6.07, 6.45) is 0.531. The third kappa shape index (κ3) is 4.15. The largest absolute Gasteiger partial charge is 0.497 e. The number of H-pyrrole nitrogens is 1. The first kappa shape index (κ1) is 17.4. The molecule has 0 saturated heterocycles. The average Bonchev–Trinajstić information content (AvgIpc) is 3.06. The summed E-state index contributed by atoms with van der Waals surface area (Å²) >= 11 is 0. The maximum atomic E-state index is 12.3. The summed E-state index contributed by atoms with van der Waals surface area (Å²) in [4.78, 5) is 30.5. The number of aromatic nitrogens is 3. The van der Waals surface area contributed by atoms with Crippen LogP contribution in [0, 0.1) is 6.92 Å². The summed E-state index contributed by atoms with van der Waals surface area (Å²) in [6, 6.07) is 10.4.